The molecule has 3 aromatic rings. The van der Waals surface area contributed by atoms with Gasteiger partial charge in [0.05, 0.1) is 17.9 Å². The molecule has 0 spiro atoms. The summed E-state index contributed by atoms with van der Waals surface area (Å²) in [5.41, 5.74) is 3.99. The summed E-state index contributed by atoms with van der Waals surface area (Å²) in [4.78, 5) is 12.3. The summed E-state index contributed by atoms with van der Waals surface area (Å²) < 4.78 is 11.6. The molecule has 0 unspecified atom stereocenters. The van der Waals surface area contributed by atoms with Crippen LogP contribution in [-0.2, 0) is 4.79 Å². The van der Waals surface area contributed by atoms with Gasteiger partial charge in [0.1, 0.15) is 11.3 Å². The van der Waals surface area contributed by atoms with Crippen LogP contribution in [0.3, 0.4) is 0 Å². The Morgan fingerprint density at radius 2 is 1.97 bits per heavy atom. The van der Waals surface area contributed by atoms with Crippen molar-refractivity contribution in [2.75, 3.05) is 13.2 Å². The number of halogens is 2. The van der Waals surface area contributed by atoms with E-state index in [1.807, 2.05) is 32.0 Å². The van der Waals surface area contributed by atoms with E-state index in [4.69, 9.17) is 32.4 Å². The van der Waals surface area contributed by atoms with Crippen LogP contribution in [0.15, 0.2) is 47.1 Å². The molecular formula is C24H25Cl2NO3. The van der Waals surface area contributed by atoms with Crippen LogP contribution in [0, 0.1) is 5.92 Å². The summed E-state index contributed by atoms with van der Waals surface area (Å²) in [5, 5.41) is 4.91. The molecule has 1 amide bonds. The van der Waals surface area contributed by atoms with Gasteiger partial charge >= 0.3 is 0 Å². The number of rotatable bonds is 7. The molecule has 0 aliphatic heterocycles. The van der Waals surface area contributed by atoms with Gasteiger partial charge < -0.3 is 14.5 Å². The van der Waals surface area contributed by atoms with E-state index >= 15 is 0 Å². The molecule has 158 valence electrons. The zero-order valence-electron chi connectivity index (χ0n) is 17.5. The van der Waals surface area contributed by atoms with E-state index in [9.17, 15) is 4.79 Å². The van der Waals surface area contributed by atoms with Gasteiger partial charge in [-0.05, 0) is 43.5 Å². The number of furan rings is 1. The first-order valence-corrected chi connectivity index (χ1v) is 10.7. The highest BCUT2D eigenvalue weighted by Crippen LogP contribution is 2.40. The second kappa shape index (κ2) is 9.59. The van der Waals surface area contributed by atoms with Gasteiger partial charge in [-0.1, -0.05) is 43.1 Å². The largest absolute Gasteiger partial charge is 0.493 e. The number of nitrogens with one attached hydrogen (secondary N) is 1. The second-order valence-electron chi connectivity index (χ2n) is 7.52. The number of amides is 1. The Hall–Kier alpha value is -2.43. The molecular weight excluding hydrogens is 421 g/mol. The van der Waals surface area contributed by atoms with Crippen LogP contribution >= 0.6 is 23.2 Å². The van der Waals surface area contributed by atoms with Crippen molar-refractivity contribution < 1.29 is 13.9 Å². The van der Waals surface area contributed by atoms with Crippen LogP contribution in [0.25, 0.3) is 27.7 Å². The van der Waals surface area contributed by atoms with E-state index in [1.165, 1.54) is 0 Å². The van der Waals surface area contributed by atoms with Gasteiger partial charge in [-0.15, -0.1) is 0 Å². The molecule has 6 heteroatoms. The zero-order chi connectivity index (χ0) is 21.8. The van der Waals surface area contributed by atoms with E-state index < -0.39 is 0 Å². The average Bonchev–Trinajstić information content (AvgIpc) is 3.08. The third-order valence-electron chi connectivity index (χ3n) is 4.65. The maximum atomic E-state index is 12.3. The topological polar surface area (TPSA) is 51.5 Å². The first-order chi connectivity index (χ1) is 14.3. The van der Waals surface area contributed by atoms with Gasteiger partial charge in [-0.2, -0.15) is 0 Å². The second-order valence-corrected chi connectivity index (χ2v) is 8.36. The number of benzene rings is 2. The highest BCUT2D eigenvalue weighted by molar-refractivity contribution is 6.36. The lowest BCUT2D eigenvalue weighted by Gasteiger charge is -2.12. The monoisotopic (exact) mass is 445 g/mol. The predicted octanol–water partition coefficient (Wildman–Crippen LogP) is 6.98. The standard InChI is InChI=1S/C24H25Cl2NO3/c1-5-29-22-11-23-19(10-18(22)15(4)8-24(28)27-12-14(2)3)20(13-30-23)17-7-6-16(25)9-21(17)26/h6-11,13-14H,5,12H2,1-4H3,(H,27,28)/b15-8+. The Morgan fingerprint density at radius 3 is 2.63 bits per heavy atom. The fourth-order valence-electron chi connectivity index (χ4n) is 3.18. The molecule has 30 heavy (non-hydrogen) atoms. The van der Waals surface area contributed by atoms with Crippen molar-refractivity contribution in [1.29, 1.82) is 0 Å². The molecule has 0 aliphatic rings. The lowest BCUT2D eigenvalue weighted by molar-refractivity contribution is -0.116. The Balaban J connectivity index is 2.08. The zero-order valence-corrected chi connectivity index (χ0v) is 19.0. The van der Waals surface area contributed by atoms with E-state index in [0.717, 1.165) is 27.6 Å². The van der Waals surface area contributed by atoms with Crippen LogP contribution < -0.4 is 10.1 Å². The lowest BCUT2D eigenvalue weighted by atomic mass is 9.99. The molecule has 0 aliphatic carbocycles. The molecule has 0 fully saturated rings. The first-order valence-electron chi connectivity index (χ1n) is 9.90. The van der Waals surface area contributed by atoms with Gasteiger partial charge in [0.25, 0.3) is 0 Å². The summed E-state index contributed by atoms with van der Waals surface area (Å²) in [7, 11) is 0. The maximum absolute atomic E-state index is 12.3. The average molecular weight is 446 g/mol. The van der Waals surface area contributed by atoms with Gasteiger partial charge in [-0.3, -0.25) is 4.79 Å². The molecule has 4 nitrogen and oxygen atoms in total. The highest BCUT2D eigenvalue weighted by Gasteiger charge is 2.17. The lowest BCUT2D eigenvalue weighted by Crippen LogP contribution is -2.25. The van der Waals surface area contributed by atoms with Crippen LogP contribution in [0.1, 0.15) is 33.3 Å². The summed E-state index contributed by atoms with van der Waals surface area (Å²) >= 11 is 12.5. The number of hydrogen-bond donors (Lipinski definition) is 1. The molecule has 1 N–H and O–H groups in total. The summed E-state index contributed by atoms with van der Waals surface area (Å²) in [6.45, 7) is 9.06. The number of ether oxygens (including phenoxy) is 1. The van der Waals surface area contributed by atoms with Gasteiger partial charge in [0.2, 0.25) is 5.91 Å². The molecule has 3 rings (SSSR count). The molecule has 0 radical (unpaired) electrons. The van der Waals surface area contributed by atoms with Crippen LogP contribution in [0.4, 0.5) is 0 Å². The van der Waals surface area contributed by atoms with Crippen molar-refractivity contribution in [2.24, 2.45) is 5.92 Å². The third kappa shape index (κ3) is 5.00. The molecule has 1 aromatic heterocycles. The predicted molar refractivity (Wildman–Crippen MR) is 124 cm³/mol. The number of allylic oxidation sites excluding steroid dienone is 1. The minimum Gasteiger partial charge on any atom is -0.493 e. The minimum atomic E-state index is -0.128. The summed E-state index contributed by atoms with van der Waals surface area (Å²) in [6.07, 6.45) is 3.27. The molecule has 2 aromatic carbocycles. The smallest absolute Gasteiger partial charge is 0.244 e. The van der Waals surface area contributed by atoms with Crippen molar-refractivity contribution >= 4 is 45.7 Å². The molecule has 1 heterocycles. The fraction of sp³-hybridized carbons (Fsp3) is 0.292. The molecule has 0 saturated heterocycles. The Morgan fingerprint density at radius 1 is 1.20 bits per heavy atom. The number of hydrogen-bond acceptors (Lipinski definition) is 3. The summed E-state index contributed by atoms with van der Waals surface area (Å²) in [6, 6.07) is 9.20. The molecule has 0 bridgehead atoms. The van der Waals surface area contributed by atoms with Crippen LogP contribution in [-0.4, -0.2) is 19.1 Å². The van der Waals surface area contributed by atoms with Crippen molar-refractivity contribution in [3.05, 3.63) is 58.3 Å². The van der Waals surface area contributed by atoms with E-state index in [1.54, 1.807) is 24.5 Å². The van der Waals surface area contributed by atoms with Crippen molar-refractivity contribution in [3.8, 4) is 16.9 Å². The number of carbonyl (C=O) groups is 1. The quantitative estimate of drug-likeness (QED) is 0.399. The van der Waals surface area contributed by atoms with Gasteiger partial charge in [0.15, 0.2) is 0 Å². The summed E-state index contributed by atoms with van der Waals surface area (Å²) in [5.74, 6) is 0.922. The third-order valence-corrected chi connectivity index (χ3v) is 5.20. The Bertz CT molecular complexity index is 1100. The molecule has 0 atom stereocenters. The van der Waals surface area contributed by atoms with E-state index in [-0.39, 0.29) is 5.91 Å². The maximum Gasteiger partial charge on any atom is 0.244 e. The molecule has 0 saturated carbocycles. The fourth-order valence-corrected chi connectivity index (χ4v) is 3.70. The van der Waals surface area contributed by atoms with Crippen molar-refractivity contribution in [3.63, 3.8) is 0 Å². The van der Waals surface area contributed by atoms with Gasteiger partial charge in [-0.25, -0.2) is 0 Å². The Labute approximate surface area is 186 Å². The minimum absolute atomic E-state index is 0.128. The van der Waals surface area contributed by atoms with E-state index in [0.29, 0.717) is 40.4 Å². The van der Waals surface area contributed by atoms with Crippen LogP contribution in [0.2, 0.25) is 10.0 Å². The Kier molecular flexibility index (Phi) is 7.11. The first kappa shape index (κ1) is 22.3. The van der Waals surface area contributed by atoms with Gasteiger partial charge in [0, 0.05) is 45.8 Å². The normalized spacial score (nSPS) is 11.9. The van der Waals surface area contributed by atoms with E-state index in [2.05, 4.69) is 19.2 Å². The highest BCUT2D eigenvalue weighted by atomic mass is 35.5. The van der Waals surface area contributed by atoms with Crippen molar-refractivity contribution in [1.82, 2.24) is 5.32 Å². The SMILES string of the molecule is CCOc1cc2occ(-c3ccc(Cl)cc3Cl)c2cc1/C(C)=C/C(=O)NCC(C)C. The number of fused-ring (bicyclic) bond motifs is 1. The van der Waals surface area contributed by atoms with Crippen molar-refractivity contribution in [2.45, 2.75) is 27.7 Å². The van der Waals surface area contributed by atoms with Crippen LogP contribution in [0.5, 0.6) is 5.75 Å². The number of carbonyl (C=O) groups excluding carboxylic acids is 1.